The maximum Gasteiger partial charge on any atom is 0.313 e. The number of carboxylic acids is 1. The van der Waals surface area contributed by atoms with Crippen LogP contribution in [-0.4, -0.2) is 11.1 Å². The average molecular weight is 268 g/mol. The molecule has 0 aliphatic carbocycles. The minimum Gasteiger partial charge on any atom is -0.481 e. The summed E-state index contributed by atoms with van der Waals surface area (Å²) in [7, 11) is 0. The molecule has 0 radical (unpaired) electrons. The molecule has 1 N–H and O–H groups in total. The van der Waals surface area contributed by atoms with Crippen molar-refractivity contribution in [3.8, 4) is 11.1 Å². The van der Waals surface area contributed by atoms with Gasteiger partial charge in [0.05, 0.1) is 5.41 Å². The molecule has 2 nitrogen and oxygen atoms in total. The molecule has 20 heavy (non-hydrogen) atoms. The minimum atomic E-state index is -0.860. The van der Waals surface area contributed by atoms with Crippen molar-refractivity contribution in [1.82, 2.24) is 0 Å². The highest BCUT2D eigenvalue weighted by molar-refractivity contribution is 5.80. The van der Waals surface area contributed by atoms with E-state index in [0.717, 1.165) is 11.1 Å². The van der Waals surface area contributed by atoms with Crippen LogP contribution in [0.1, 0.15) is 30.5 Å². The van der Waals surface area contributed by atoms with Crippen LogP contribution in [0.5, 0.6) is 0 Å². The summed E-state index contributed by atoms with van der Waals surface area (Å²) in [5.74, 6) is -0.809. The quantitative estimate of drug-likeness (QED) is 0.899. The maximum atomic E-state index is 11.3. The summed E-state index contributed by atoms with van der Waals surface area (Å²) in [5.41, 5.74) is 4.70. The van der Waals surface area contributed by atoms with Gasteiger partial charge >= 0.3 is 5.97 Å². The fraction of sp³-hybridized carbons (Fsp3) is 0.278. The summed E-state index contributed by atoms with van der Waals surface area (Å²) >= 11 is 0. The Morgan fingerprint density at radius 3 is 1.85 bits per heavy atom. The standard InChI is InChI=1S/C18H20O2/c1-12-9-13(2)11-15(10-12)14-5-7-16(8-6-14)18(3,4)17(19)20/h5-11H,1-4H3,(H,19,20). The molecule has 2 rings (SSSR count). The number of benzene rings is 2. The van der Waals surface area contributed by atoms with Gasteiger partial charge in [-0.05, 0) is 44.4 Å². The van der Waals surface area contributed by atoms with Crippen molar-refractivity contribution in [2.24, 2.45) is 0 Å². The van der Waals surface area contributed by atoms with E-state index < -0.39 is 11.4 Å². The van der Waals surface area contributed by atoms with E-state index in [9.17, 15) is 9.90 Å². The third-order valence-electron chi connectivity index (χ3n) is 3.70. The lowest BCUT2D eigenvalue weighted by Crippen LogP contribution is -2.28. The molecule has 0 heterocycles. The van der Waals surface area contributed by atoms with Crippen LogP contribution < -0.4 is 0 Å². The van der Waals surface area contributed by atoms with E-state index >= 15 is 0 Å². The first kappa shape index (κ1) is 14.3. The Morgan fingerprint density at radius 1 is 0.900 bits per heavy atom. The van der Waals surface area contributed by atoms with Crippen molar-refractivity contribution in [1.29, 1.82) is 0 Å². The van der Waals surface area contributed by atoms with E-state index in [1.54, 1.807) is 13.8 Å². The van der Waals surface area contributed by atoms with E-state index in [2.05, 4.69) is 32.0 Å². The molecule has 0 amide bonds. The number of rotatable bonds is 3. The third kappa shape index (κ3) is 2.74. The largest absolute Gasteiger partial charge is 0.481 e. The summed E-state index contributed by atoms with van der Waals surface area (Å²) in [6.45, 7) is 7.61. The highest BCUT2D eigenvalue weighted by Crippen LogP contribution is 2.27. The Balaban J connectivity index is 2.40. The number of hydrogen-bond donors (Lipinski definition) is 1. The molecule has 0 aliphatic rings. The van der Waals surface area contributed by atoms with Crippen LogP contribution in [0.15, 0.2) is 42.5 Å². The third-order valence-corrected chi connectivity index (χ3v) is 3.70. The van der Waals surface area contributed by atoms with Crippen LogP contribution in [0.25, 0.3) is 11.1 Å². The van der Waals surface area contributed by atoms with Gasteiger partial charge in [-0.25, -0.2) is 0 Å². The van der Waals surface area contributed by atoms with Gasteiger partial charge < -0.3 is 5.11 Å². The second-order valence-electron chi connectivity index (χ2n) is 5.88. The average Bonchev–Trinajstić information content (AvgIpc) is 2.37. The van der Waals surface area contributed by atoms with Crippen molar-refractivity contribution in [2.75, 3.05) is 0 Å². The molecule has 2 aromatic carbocycles. The van der Waals surface area contributed by atoms with Gasteiger partial charge in [-0.3, -0.25) is 4.79 Å². The summed E-state index contributed by atoms with van der Waals surface area (Å²) in [5, 5.41) is 9.25. The lowest BCUT2D eigenvalue weighted by atomic mass is 9.84. The Hall–Kier alpha value is -2.09. The highest BCUT2D eigenvalue weighted by Gasteiger charge is 2.29. The summed E-state index contributed by atoms with van der Waals surface area (Å²) < 4.78 is 0. The number of carbonyl (C=O) groups is 1. The van der Waals surface area contributed by atoms with Gasteiger partial charge in [0.2, 0.25) is 0 Å². The monoisotopic (exact) mass is 268 g/mol. The number of aliphatic carboxylic acids is 1. The van der Waals surface area contributed by atoms with Gasteiger partial charge in [0.25, 0.3) is 0 Å². The normalized spacial score (nSPS) is 11.4. The molecule has 0 spiro atoms. The maximum absolute atomic E-state index is 11.3. The van der Waals surface area contributed by atoms with Gasteiger partial charge in [0.1, 0.15) is 0 Å². The molecular formula is C18H20O2. The topological polar surface area (TPSA) is 37.3 Å². The molecule has 0 fully saturated rings. The van der Waals surface area contributed by atoms with Crippen LogP contribution in [-0.2, 0) is 10.2 Å². The first-order valence-corrected chi connectivity index (χ1v) is 6.73. The van der Waals surface area contributed by atoms with Crippen LogP contribution in [0.2, 0.25) is 0 Å². The fourth-order valence-electron chi connectivity index (χ4n) is 2.34. The van der Waals surface area contributed by atoms with Gasteiger partial charge in [-0.15, -0.1) is 0 Å². The molecule has 0 aliphatic heterocycles. The summed E-state index contributed by atoms with van der Waals surface area (Å²) in [6, 6.07) is 14.2. The minimum absolute atomic E-state index is 0.809. The van der Waals surface area contributed by atoms with Crippen LogP contribution >= 0.6 is 0 Å². The van der Waals surface area contributed by atoms with Crippen molar-refractivity contribution in [3.05, 3.63) is 59.2 Å². The second-order valence-corrected chi connectivity index (χ2v) is 5.88. The second kappa shape index (κ2) is 5.12. The van der Waals surface area contributed by atoms with Gasteiger partial charge in [-0.2, -0.15) is 0 Å². The van der Waals surface area contributed by atoms with Gasteiger partial charge in [-0.1, -0.05) is 53.6 Å². The van der Waals surface area contributed by atoms with E-state index in [4.69, 9.17) is 0 Å². The van der Waals surface area contributed by atoms with Crippen molar-refractivity contribution >= 4 is 5.97 Å². The van der Waals surface area contributed by atoms with Crippen molar-refractivity contribution < 1.29 is 9.90 Å². The first-order chi connectivity index (χ1) is 9.30. The molecule has 0 saturated heterocycles. The summed E-state index contributed by atoms with van der Waals surface area (Å²) in [4.78, 5) is 11.3. The smallest absolute Gasteiger partial charge is 0.313 e. The van der Waals surface area contributed by atoms with E-state index in [0.29, 0.717) is 0 Å². The Labute approximate surface area is 120 Å². The predicted octanol–water partition coefficient (Wildman–Crippen LogP) is 4.33. The Bertz CT molecular complexity index is 617. The zero-order chi connectivity index (χ0) is 14.9. The zero-order valence-corrected chi connectivity index (χ0v) is 12.4. The fourth-order valence-corrected chi connectivity index (χ4v) is 2.34. The molecule has 0 bridgehead atoms. The molecule has 0 unspecified atom stereocenters. The van der Waals surface area contributed by atoms with Crippen LogP contribution in [0.3, 0.4) is 0 Å². The molecule has 104 valence electrons. The SMILES string of the molecule is Cc1cc(C)cc(-c2ccc(C(C)(C)C(=O)O)cc2)c1. The highest BCUT2D eigenvalue weighted by atomic mass is 16.4. The summed E-state index contributed by atoms with van der Waals surface area (Å²) in [6.07, 6.45) is 0. The molecular weight excluding hydrogens is 248 g/mol. The van der Waals surface area contributed by atoms with Crippen LogP contribution in [0.4, 0.5) is 0 Å². The molecule has 0 saturated carbocycles. The molecule has 2 aromatic rings. The van der Waals surface area contributed by atoms with Gasteiger partial charge in [0.15, 0.2) is 0 Å². The first-order valence-electron chi connectivity index (χ1n) is 6.73. The van der Waals surface area contributed by atoms with Crippen molar-refractivity contribution in [2.45, 2.75) is 33.1 Å². The predicted molar refractivity (Wildman–Crippen MR) is 82.0 cm³/mol. The number of carboxylic acid groups (broad SMARTS) is 1. The van der Waals surface area contributed by atoms with Crippen molar-refractivity contribution in [3.63, 3.8) is 0 Å². The number of hydrogen-bond acceptors (Lipinski definition) is 1. The molecule has 0 atom stereocenters. The van der Waals surface area contributed by atoms with Gasteiger partial charge in [0, 0.05) is 0 Å². The lowest BCUT2D eigenvalue weighted by molar-refractivity contribution is -0.142. The van der Waals surface area contributed by atoms with E-state index in [1.807, 2.05) is 24.3 Å². The zero-order valence-electron chi connectivity index (χ0n) is 12.4. The molecule has 2 heteroatoms. The molecule has 0 aromatic heterocycles. The van der Waals surface area contributed by atoms with E-state index in [-0.39, 0.29) is 0 Å². The van der Waals surface area contributed by atoms with E-state index in [1.165, 1.54) is 16.7 Å². The lowest BCUT2D eigenvalue weighted by Gasteiger charge is -2.20. The Morgan fingerprint density at radius 2 is 1.40 bits per heavy atom. The van der Waals surface area contributed by atoms with Crippen LogP contribution in [0, 0.1) is 13.8 Å². The Kier molecular flexibility index (Phi) is 3.67. The number of aryl methyl sites for hydroxylation is 2.